The van der Waals surface area contributed by atoms with Crippen LogP contribution in [0.1, 0.15) is 25.6 Å². The molecule has 2 rings (SSSR count). The van der Waals surface area contributed by atoms with Crippen molar-refractivity contribution in [2.75, 3.05) is 18.5 Å². The molecule has 0 bridgehead atoms. The van der Waals surface area contributed by atoms with Gasteiger partial charge in [0, 0.05) is 25.6 Å². The van der Waals surface area contributed by atoms with Crippen molar-refractivity contribution in [2.45, 2.75) is 32.2 Å². The number of carbonyl (C=O) groups excluding carboxylic acids is 1. The largest absolute Gasteiger partial charge is 0.352 e. The molecule has 0 aliphatic heterocycles. The Kier molecular flexibility index (Phi) is 3.64. The van der Waals surface area contributed by atoms with Crippen molar-refractivity contribution in [1.82, 2.24) is 15.3 Å². The summed E-state index contributed by atoms with van der Waals surface area (Å²) in [7, 11) is 1.76. The van der Waals surface area contributed by atoms with E-state index in [0.717, 1.165) is 12.8 Å². The number of amides is 1. The topological polar surface area (TPSA) is 78.1 Å². The number of hydrogen-bond donors (Lipinski definition) is 2. The van der Waals surface area contributed by atoms with Crippen LogP contribution >= 0.6 is 0 Å². The number of rotatable bonds is 5. The van der Waals surface area contributed by atoms with Gasteiger partial charge in [0.05, 0.1) is 6.54 Å². The number of aromatic nitrogens is 2. The number of anilines is 1. The van der Waals surface area contributed by atoms with Crippen LogP contribution in [-0.4, -0.2) is 35.5 Å². The van der Waals surface area contributed by atoms with Crippen molar-refractivity contribution in [1.29, 1.82) is 0 Å². The average Bonchev–Trinajstić information content (AvgIpc) is 3.11. The van der Waals surface area contributed by atoms with E-state index in [1.54, 1.807) is 11.9 Å². The van der Waals surface area contributed by atoms with Crippen molar-refractivity contribution in [3.8, 4) is 0 Å². The van der Waals surface area contributed by atoms with E-state index in [-0.39, 0.29) is 18.0 Å². The molecule has 1 saturated carbocycles. The van der Waals surface area contributed by atoms with E-state index in [0.29, 0.717) is 24.1 Å². The van der Waals surface area contributed by atoms with Crippen molar-refractivity contribution in [3.05, 3.63) is 22.2 Å². The summed E-state index contributed by atoms with van der Waals surface area (Å²) >= 11 is 0. The molecule has 0 saturated heterocycles. The molecule has 0 aromatic carbocycles. The van der Waals surface area contributed by atoms with E-state index in [1.807, 2.05) is 6.92 Å². The molecule has 1 aliphatic rings. The molecule has 1 fully saturated rings. The van der Waals surface area contributed by atoms with Gasteiger partial charge in [-0.25, -0.2) is 4.98 Å². The lowest BCUT2D eigenvalue weighted by Gasteiger charge is -2.17. The Morgan fingerprint density at radius 3 is 2.94 bits per heavy atom. The minimum absolute atomic E-state index is 0.0277. The molecule has 1 aromatic rings. The summed E-state index contributed by atoms with van der Waals surface area (Å²) in [6.07, 6.45) is 2.79. The van der Waals surface area contributed by atoms with E-state index < -0.39 is 0 Å². The first-order chi connectivity index (χ1) is 8.58. The molecule has 2 N–H and O–H groups in total. The van der Waals surface area contributed by atoms with E-state index in [9.17, 15) is 9.59 Å². The third kappa shape index (κ3) is 3.32. The molecule has 6 heteroatoms. The van der Waals surface area contributed by atoms with Crippen molar-refractivity contribution >= 4 is 11.7 Å². The van der Waals surface area contributed by atoms with Gasteiger partial charge in [0.1, 0.15) is 11.6 Å². The lowest BCUT2D eigenvalue weighted by molar-refractivity contribution is -0.119. The van der Waals surface area contributed by atoms with Crippen LogP contribution in [0.4, 0.5) is 5.82 Å². The molecule has 18 heavy (non-hydrogen) atoms. The van der Waals surface area contributed by atoms with Gasteiger partial charge < -0.3 is 15.2 Å². The van der Waals surface area contributed by atoms with Gasteiger partial charge >= 0.3 is 0 Å². The monoisotopic (exact) mass is 250 g/mol. The normalized spacial score (nSPS) is 14.3. The summed E-state index contributed by atoms with van der Waals surface area (Å²) in [5.41, 5.74) is -0.189. The third-order valence-corrected chi connectivity index (χ3v) is 2.83. The zero-order valence-electron chi connectivity index (χ0n) is 10.7. The number of nitrogens with one attached hydrogen (secondary N) is 2. The summed E-state index contributed by atoms with van der Waals surface area (Å²) in [6, 6.07) is 1.76. The maximum Gasteiger partial charge on any atom is 0.252 e. The summed E-state index contributed by atoms with van der Waals surface area (Å²) < 4.78 is 0. The van der Waals surface area contributed by atoms with Crippen LogP contribution in [0.2, 0.25) is 0 Å². The highest BCUT2D eigenvalue weighted by molar-refractivity contribution is 5.81. The number of likely N-dealkylation sites (N-methyl/N-ethyl adjacent to an activating group) is 1. The zero-order valence-corrected chi connectivity index (χ0v) is 10.7. The maximum atomic E-state index is 11.7. The van der Waals surface area contributed by atoms with E-state index in [1.165, 1.54) is 6.07 Å². The number of hydrogen-bond acceptors (Lipinski definition) is 4. The SMILES string of the molecule is CCc1nc(N(C)CC(=O)NC2CC2)cc(=O)[nH]1. The number of H-pyrrole nitrogens is 1. The van der Waals surface area contributed by atoms with E-state index in [2.05, 4.69) is 15.3 Å². The van der Waals surface area contributed by atoms with Gasteiger partial charge in [-0.1, -0.05) is 6.92 Å². The Labute approximate surface area is 105 Å². The quantitative estimate of drug-likeness (QED) is 0.774. The molecular formula is C12H18N4O2. The second kappa shape index (κ2) is 5.20. The molecule has 98 valence electrons. The molecule has 1 heterocycles. The van der Waals surface area contributed by atoms with Crippen LogP contribution in [0.3, 0.4) is 0 Å². The Morgan fingerprint density at radius 1 is 1.61 bits per heavy atom. The molecule has 0 spiro atoms. The average molecular weight is 250 g/mol. The number of nitrogens with zero attached hydrogens (tertiary/aromatic N) is 2. The van der Waals surface area contributed by atoms with Gasteiger partial charge in [-0.05, 0) is 12.8 Å². The summed E-state index contributed by atoms with van der Waals surface area (Å²) in [4.78, 5) is 31.7. The van der Waals surface area contributed by atoms with Crippen molar-refractivity contribution in [3.63, 3.8) is 0 Å². The lowest BCUT2D eigenvalue weighted by atomic mass is 10.4. The summed E-state index contributed by atoms with van der Waals surface area (Å²) in [5, 5.41) is 2.90. The Bertz CT molecular complexity index is 493. The molecule has 0 radical (unpaired) electrons. The fourth-order valence-corrected chi connectivity index (χ4v) is 1.65. The Morgan fingerprint density at radius 2 is 2.33 bits per heavy atom. The number of aryl methyl sites for hydroxylation is 1. The van der Waals surface area contributed by atoms with Gasteiger partial charge in [0.2, 0.25) is 5.91 Å². The lowest BCUT2D eigenvalue weighted by Crippen LogP contribution is -2.37. The second-order valence-corrected chi connectivity index (χ2v) is 4.60. The first kappa shape index (κ1) is 12.6. The van der Waals surface area contributed by atoms with Gasteiger partial charge in [-0.15, -0.1) is 0 Å². The predicted molar refractivity (Wildman–Crippen MR) is 68.7 cm³/mol. The third-order valence-electron chi connectivity index (χ3n) is 2.83. The smallest absolute Gasteiger partial charge is 0.252 e. The second-order valence-electron chi connectivity index (χ2n) is 4.60. The summed E-state index contributed by atoms with van der Waals surface area (Å²) in [6.45, 7) is 2.14. The zero-order chi connectivity index (χ0) is 13.1. The van der Waals surface area contributed by atoms with Crippen LogP contribution in [0.15, 0.2) is 10.9 Å². The van der Waals surface area contributed by atoms with E-state index >= 15 is 0 Å². The van der Waals surface area contributed by atoms with Gasteiger partial charge in [0.15, 0.2) is 0 Å². The minimum Gasteiger partial charge on any atom is -0.352 e. The van der Waals surface area contributed by atoms with Gasteiger partial charge in [-0.3, -0.25) is 9.59 Å². The van der Waals surface area contributed by atoms with Gasteiger partial charge in [0.25, 0.3) is 5.56 Å². The molecular weight excluding hydrogens is 232 g/mol. The Hall–Kier alpha value is -1.85. The summed E-state index contributed by atoms with van der Waals surface area (Å²) in [5.74, 6) is 1.13. The molecule has 6 nitrogen and oxygen atoms in total. The number of aromatic amines is 1. The molecule has 0 atom stereocenters. The highest BCUT2D eigenvalue weighted by Gasteiger charge is 2.23. The first-order valence-electron chi connectivity index (χ1n) is 6.19. The number of carbonyl (C=O) groups is 1. The molecule has 0 unspecified atom stereocenters. The molecule has 1 aliphatic carbocycles. The van der Waals surface area contributed by atoms with Crippen molar-refractivity contribution < 1.29 is 4.79 Å². The fraction of sp³-hybridized carbons (Fsp3) is 0.583. The van der Waals surface area contributed by atoms with Crippen LogP contribution in [0.5, 0.6) is 0 Å². The van der Waals surface area contributed by atoms with Crippen LogP contribution in [0, 0.1) is 0 Å². The van der Waals surface area contributed by atoms with Crippen molar-refractivity contribution in [2.24, 2.45) is 0 Å². The minimum atomic E-state index is -0.189. The van der Waals surface area contributed by atoms with Crippen LogP contribution in [0.25, 0.3) is 0 Å². The van der Waals surface area contributed by atoms with E-state index in [4.69, 9.17) is 0 Å². The first-order valence-corrected chi connectivity index (χ1v) is 6.19. The molecule has 1 aromatic heterocycles. The standard InChI is InChI=1S/C12H18N4O2/c1-3-9-14-10(6-11(17)15-9)16(2)7-12(18)13-8-4-5-8/h6,8H,3-5,7H2,1-2H3,(H,13,18)(H,14,15,17). The van der Waals surface area contributed by atoms with Crippen LogP contribution in [-0.2, 0) is 11.2 Å². The Balaban J connectivity index is 2.02. The highest BCUT2D eigenvalue weighted by Crippen LogP contribution is 2.18. The van der Waals surface area contributed by atoms with Crippen LogP contribution < -0.4 is 15.8 Å². The highest BCUT2D eigenvalue weighted by atomic mass is 16.2. The maximum absolute atomic E-state index is 11.7. The predicted octanol–water partition coefficient (Wildman–Crippen LogP) is 0.0471. The van der Waals surface area contributed by atoms with Gasteiger partial charge in [-0.2, -0.15) is 0 Å². The fourth-order valence-electron chi connectivity index (χ4n) is 1.65. The molecule has 1 amide bonds.